The minimum atomic E-state index is -2.73. The normalized spacial score (nSPS) is 17.2. The Morgan fingerprint density at radius 3 is 2.59 bits per heavy atom. The van der Waals surface area contributed by atoms with Crippen molar-refractivity contribution in [3.63, 3.8) is 0 Å². The summed E-state index contributed by atoms with van der Waals surface area (Å²) in [5, 5.41) is 2.79. The fourth-order valence-corrected chi connectivity index (χ4v) is 4.25. The summed E-state index contributed by atoms with van der Waals surface area (Å²) in [5.74, 6) is -3.29. The van der Waals surface area contributed by atoms with Crippen LogP contribution in [0.1, 0.15) is 33.6 Å². The van der Waals surface area contributed by atoms with Crippen LogP contribution in [0.5, 0.6) is 0 Å². The van der Waals surface area contributed by atoms with E-state index < -0.39 is 23.4 Å². The number of anilines is 2. The smallest absolute Gasteiger partial charge is 0.413 e. The molecule has 0 spiro atoms. The molecule has 5 nitrogen and oxygen atoms in total. The number of aromatic nitrogens is 1. The lowest BCUT2D eigenvalue weighted by atomic mass is 10.1. The minimum absolute atomic E-state index is 0.0296. The van der Waals surface area contributed by atoms with Gasteiger partial charge in [0.2, 0.25) is 0 Å². The van der Waals surface area contributed by atoms with Crippen LogP contribution >= 0.6 is 27.3 Å². The SMILES string of the molecule is CC(C)(C)OC(=O)Nc1nc2c(N3CCC(F)(F)CC3)c(F)c(Br)cc2s1. The van der Waals surface area contributed by atoms with Crippen LogP contribution in [0.4, 0.5) is 28.8 Å². The van der Waals surface area contributed by atoms with E-state index in [4.69, 9.17) is 4.74 Å². The highest BCUT2D eigenvalue weighted by Crippen LogP contribution is 2.41. The Balaban J connectivity index is 1.93. The number of ether oxygens (including phenoxy) is 1. The van der Waals surface area contributed by atoms with E-state index in [1.807, 2.05) is 0 Å². The molecule has 148 valence electrons. The summed E-state index contributed by atoms with van der Waals surface area (Å²) in [6.07, 6.45) is -1.35. The standard InChI is InChI=1S/C17H19BrF3N3O2S/c1-16(2,3)26-15(25)23-14-22-12-10(27-14)8-9(18)11(19)13(12)24-6-4-17(20,21)5-7-24/h8H,4-7H2,1-3H3,(H,22,23,25). The van der Waals surface area contributed by atoms with Gasteiger partial charge in [0.15, 0.2) is 10.9 Å². The van der Waals surface area contributed by atoms with E-state index in [1.165, 1.54) is 0 Å². The van der Waals surface area contributed by atoms with Crippen molar-refractivity contribution in [2.75, 3.05) is 23.3 Å². The fourth-order valence-electron chi connectivity index (χ4n) is 2.79. The summed E-state index contributed by atoms with van der Waals surface area (Å²) < 4.78 is 47.7. The maximum atomic E-state index is 14.8. The summed E-state index contributed by atoms with van der Waals surface area (Å²) in [6, 6.07) is 1.56. The maximum absolute atomic E-state index is 14.8. The third-order valence-electron chi connectivity index (χ3n) is 3.97. The molecule has 0 saturated carbocycles. The van der Waals surface area contributed by atoms with Crippen molar-refractivity contribution in [1.29, 1.82) is 0 Å². The van der Waals surface area contributed by atoms with Crippen LogP contribution in [0, 0.1) is 5.82 Å². The molecule has 0 aliphatic carbocycles. The lowest BCUT2D eigenvalue weighted by Crippen LogP contribution is -2.39. The molecule has 1 aliphatic heterocycles. The zero-order valence-corrected chi connectivity index (χ0v) is 17.4. The van der Waals surface area contributed by atoms with E-state index in [9.17, 15) is 18.0 Å². The van der Waals surface area contributed by atoms with Gasteiger partial charge >= 0.3 is 6.09 Å². The van der Waals surface area contributed by atoms with Gasteiger partial charge in [0, 0.05) is 25.9 Å². The minimum Gasteiger partial charge on any atom is -0.444 e. The van der Waals surface area contributed by atoms with E-state index in [0.717, 1.165) is 11.3 Å². The average molecular weight is 466 g/mol. The van der Waals surface area contributed by atoms with Crippen molar-refractivity contribution >= 4 is 54.4 Å². The molecule has 0 bridgehead atoms. The third kappa shape index (κ3) is 4.66. The zero-order valence-electron chi connectivity index (χ0n) is 15.0. The number of nitrogens with zero attached hydrogens (tertiary/aromatic N) is 2. The van der Waals surface area contributed by atoms with Crippen LogP contribution in [0.25, 0.3) is 10.2 Å². The maximum Gasteiger partial charge on any atom is 0.413 e. The Labute approximate surface area is 167 Å². The molecule has 1 aliphatic rings. The molecule has 0 atom stereocenters. The highest BCUT2D eigenvalue weighted by molar-refractivity contribution is 9.10. The zero-order chi connectivity index (χ0) is 20.0. The van der Waals surface area contributed by atoms with Crippen molar-refractivity contribution in [1.82, 2.24) is 4.98 Å². The quantitative estimate of drug-likeness (QED) is 0.610. The first-order valence-electron chi connectivity index (χ1n) is 8.36. The van der Waals surface area contributed by atoms with Gasteiger partial charge in [0.05, 0.1) is 9.17 Å². The highest BCUT2D eigenvalue weighted by Gasteiger charge is 2.36. The molecule has 10 heteroatoms. The largest absolute Gasteiger partial charge is 0.444 e. The second kappa shape index (κ2) is 7.12. The molecule has 2 heterocycles. The molecule has 1 aromatic heterocycles. The van der Waals surface area contributed by atoms with Gasteiger partial charge in [-0.05, 0) is 42.8 Å². The molecule has 3 rings (SSSR count). The highest BCUT2D eigenvalue weighted by atomic mass is 79.9. The molecule has 0 unspecified atom stereocenters. The second-order valence-electron chi connectivity index (χ2n) is 7.36. The number of fused-ring (bicyclic) bond motifs is 1. The lowest BCUT2D eigenvalue weighted by molar-refractivity contribution is -0.0221. The number of carbonyl (C=O) groups excluding carboxylic acids is 1. The van der Waals surface area contributed by atoms with Gasteiger partial charge in [-0.25, -0.2) is 22.9 Å². The number of alkyl halides is 2. The number of hydrogen-bond donors (Lipinski definition) is 1. The van der Waals surface area contributed by atoms with Crippen molar-refractivity contribution in [2.45, 2.75) is 45.1 Å². The molecule has 1 aromatic carbocycles. The molecule has 1 fully saturated rings. The van der Waals surface area contributed by atoms with E-state index in [-0.39, 0.29) is 41.2 Å². The first-order valence-corrected chi connectivity index (χ1v) is 9.97. The van der Waals surface area contributed by atoms with Gasteiger partial charge < -0.3 is 9.64 Å². The molecule has 1 amide bonds. The summed E-state index contributed by atoms with van der Waals surface area (Å²) in [7, 11) is 0. The first-order chi connectivity index (χ1) is 12.5. The third-order valence-corrected chi connectivity index (χ3v) is 5.47. The predicted molar refractivity (Wildman–Crippen MR) is 104 cm³/mol. The number of thiazole rings is 1. The number of benzene rings is 1. The van der Waals surface area contributed by atoms with Gasteiger partial charge in [-0.1, -0.05) is 11.3 Å². The van der Waals surface area contributed by atoms with Crippen LogP contribution in [0.3, 0.4) is 0 Å². The van der Waals surface area contributed by atoms with E-state index in [1.54, 1.807) is 31.7 Å². The Morgan fingerprint density at radius 2 is 2.00 bits per heavy atom. The van der Waals surface area contributed by atoms with E-state index in [0.29, 0.717) is 10.2 Å². The molecule has 27 heavy (non-hydrogen) atoms. The molecular weight excluding hydrogens is 447 g/mol. The summed E-state index contributed by atoms with van der Waals surface area (Å²) in [4.78, 5) is 17.8. The average Bonchev–Trinajstić information content (AvgIpc) is 2.89. The molecule has 1 N–H and O–H groups in total. The van der Waals surface area contributed by atoms with Gasteiger partial charge in [-0.2, -0.15) is 0 Å². The number of carbonyl (C=O) groups is 1. The Hall–Kier alpha value is -1.55. The monoisotopic (exact) mass is 465 g/mol. The van der Waals surface area contributed by atoms with Gasteiger partial charge in [-0.15, -0.1) is 0 Å². The Kier molecular flexibility index (Phi) is 5.33. The lowest BCUT2D eigenvalue weighted by Gasteiger charge is -2.33. The molecule has 1 saturated heterocycles. The Morgan fingerprint density at radius 1 is 1.37 bits per heavy atom. The molecule has 2 aromatic rings. The second-order valence-corrected chi connectivity index (χ2v) is 9.24. The predicted octanol–water partition coefficient (Wildman–Crippen LogP) is 5.78. The first kappa shape index (κ1) is 20.2. The van der Waals surface area contributed by atoms with E-state index in [2.05, 4.69) is 26.2 Å². The van der Waals surface area contributed by atoms with Crippen molar-refractivity contribution in [3.8, 4) is 0 Å². The van der Waals surface area contributed by atoms with Crippen molar-refractivity contribution < 1.29 is 22.7 Å². The van der Waals surface area contributed by atoms with Gasteiger partial charge in [0.25, 0.3) is 5.92 Å². The summed E-state index contributed by atoms with van der Waals surface area (Å²) in [5.41, 5.74) is -0.166. The van der Waals surface area contributed by atoms with Crippen LogP contribution in [0.2, 0.25) is 0 Å². The van der Waals surface area contributed by atoms with Crippen molar-refractivity contribution in [3.05, 3.63) is 16.4 Å². The number of amides is 1. The van der Waals surface area contributed by atoms with Crippen LogP contribution < -0.4 is 10.2 Å². The number of nitrogens with one attached hydrogen (secondary N) is 1. The molecular formula is C17H19BrF3N3O2S. The van der Waals surface area contributed by atoms with Gasteiger partial charge in [-0.3, -0.25) is 5.32 Å². The topological polar surface area (TPSA) is 54.5 Å². The van der Waals surface area contributed by atoms with Crippen LogP contribution in [0.15, 0.2) is 10.5 Å². The summed E-state index contributed by atoms with van der Waals surface area (Å²) in [6.45, 7) is 5.27. The van der Waals surface area contributed by atoms with E-state index >= 15 is 0 Å². The fraction of sp³-hybridized carbons (Fsp3) is 0.529. The van der Waals surface area contributed by atoms with Gasteiger partial charge in [0.1, 0.15) is 16.8 Å². The summed E-state index contributed by atoms with van der Waals surface area (Å²) >= 11 is 4.33. The number of piperidine rings is 1. The number of hydrogen-bond acceptors (Lipinski definition) is 5. The van der Waals surface area contributed by atoms with Crippen LogP contribution in [-0.2, 0) is 4.74 Å². The molecule has 0 radical (unpaired) electrons. The Bertz CT molecular complexity index is 872. The van der Waals surface area contributed by atoms with Crippen LogP contribution in [-0.4, -0.2) is 35.7 Å². The number of rotatable bonds is 2. The number of halogens is 4. The van der Waals surface area contributed by atoms with Crippen molar-refractivity contribution in [2.24, 2.45) is 0 Å².